The lowest BCUT2D eigenvalue weighted by Crippen LogP contribution is -2.52. The van der Waals surface area contributed by atoms with Crippen LogP contribution in [0.15, 0.2) is 12.5 Å². The van der Waals surface area contributed by atoms with Gasteiger partial charge in [0.05, 0.1) is 11.6 Å². The number of fused-ring (bicyclic) bond motifs is 1. The summed E-state index contributed by atoms with van der Waals surface area (Å²) in [5.74, 6) is 0.994. The maximum absolute atomic E-state index is 5.85. The SMILES string of the molecule is CCC(CN)N1CCN(c2ncnc3c2cnn3C)CC1. The van der Waals surface area contributed by atoms with Gasteiger partial charge in [0.2, 0.25) is 0 Å². The van der Waals surface area contributed by atoms with Crippen LogP contribution in [0.25, 0.3) is 11.0 Å². The number of hydrogen-bond acceptors (Lipinski definition) is 6. The molecule has 114 valence electrons. The van der Waals surface area contributed by atoms with Crippen LogP contribution in [0, 0.1) is 0 Å². The third-order valence-electron chi connectivity index (χ3n) is 4.38. The Hall–Kier alpha value is -1.73. The minimum atomic E-state index is 0.496. The maximum atomic E-state index is 5.85. The van der Waals surface area contributed by atoms with Crippen LogP contribution in [0.5, 0.6) is 0 Å². The summed E-state index contributed by atoms with van der Waals surface area (Å²) in [6.45, 7) is 6.93. The summed E-state index contributed by atoms with van der Waals surface area (Å²) in [5.41, 5.74) is 6.74. The van der Waals surface area contributed by atoms with Crippen molar-refractivity contribution in [1.82, 2.24) is 24.6 Å². The summed E-state index contributed by atoms with van der Waals surface area (Å²) in [7, 11) is 1.91. The Morgan fingerprint density at radius 3 is 2.67 bits per heavy atom. The van der Waals surface area contributed by atoms with Gasteiger partial charge in [0.25, 0.3) is 0 Å². The number of aryl methyl sites for hydroxylation is 1. The van der Waals surface area contributed by atoms with E-state index in [0.29, 0.717) is 6.04 Å². The van der Waals surface area contributed by atoms with Crippen LogP contribution >= 0.6 is 0 Å². The van der Waals surface area contributed by atoms with E-state index in [0.717, 1.165) is 56.0 Å². The van der Waals surface area contributed by atoms with Gasteiger partial charge >= 0.3 is 0 Å². The molecule has 0 radical (unpaired) electrons. The molecule has 3 rings (SSSR count). The highest BCUT2D eigenvalue weighted by Gasteiger charge is 2.24. The molecule has 7 nitrogen and oxygen atoms in total. The Labute approximate surface area is 124 Å². The van der Waals surface area contributed by atoms with Crippen molar-refractivity contribution in [2.75, 3.05) is 37.6 Å². The molecule has 0 aliphatic carbocycles. The normalized spacial score (nSPS) is 18.3. The zero-order valence-electron chi connectivity index (χ0n) is 12.7. The third kappa shape index (κ3) is 2.58. The van der Waals surface area contributed by atoms with Crippen molar-refractivity contribution >= 4 is 16.9 Å². The number of nitrogens with zero attached hydrogens (tertiary/aromatic N) is 6. The molecule has 0 bridgehead atoms. The van der Waals surface area contributed by atoms with Gasteiger partial charge in [-0.3, -0.25) is 9.58 Å². The van der Waals surface area contributed by atoms with E-state index < -0.39 is 0 Å². The molecule has 1 atom stereocenters. The van der Waals surface area contributed by atoms with Gasteiger partial charge in [-0.15, -0.1) is 0 Å². The first-order valence-corrected chi connectivity index (χ1v) is 7.56. The molecule has 2 aromatic rings. The molecule has 7 heteroatoms. The Morgan fingerprint density at radius 2 is 2.00 bits per heavy atom. The van der Waals surface area contributed by atoms with Crippen molar-refractivity contribution < 1.29 is 0 Å². The third-order valence-corrected chi connectivity index (χ3v) is 4.38. The Morgan fingerprint density at radius 1 is 1.24 bits per heavy atom. The summed E-state index contributed by atoms with van der Waals surface area (Å²) >= 11 is 0. The molecule has 1 unspecified atom stereocenters. The number of aromatic nitrogens is 4. The molecule has 0 amide bonds. The molecular weight excluding hydrogens is 266 g/mol. The second-order valence-corrected chi connectivity index (χ2v) is 5.52. The van der Waals surface area contributed by atoms with Crippen LogP contribution in [0.3, 0.4) is 0 Å². The first-order chi connectivity index (χ1) is 10.2. The predicted octanol–water partition coefficient (Wildman–Crippen LogP) is 0.223. The molecular formula is C14H23N7. The standard InChI is InChI=1S/C14H23N7/c1-3-11(8-15)20-4-6-21(7-5-20)14-12-9-18-19(2)13(12)16-10-17-14/h9-11H,3-8,15H2,1-2H3. The van der Waals surface area contributed by atoms with Crippen LogP contribution in [0.4, 0.5) is 5.82 Å². The van der Waals surface area contributed by atoms with E-state index in [-0.39, 0.29) is 0 Å². The molecule has 0 aromatic carbocycles. The number of nitrogens with two attached hydrogens (primary N) is 1. The van der Waals surface area contributed by atoms with Crippen molar-refractivity contribution in [3.05, 3.63) is 12.5 Å². The number of hydrogen-bond donors (Lipinski definition) is 1. The Bertz CT molecular complexity index is 596. The van der Waals surface area contributed by atoms with E-state index >= 15 is 0 Å². The highest BCUT2D eigenvalue weighted by Crippen LogP contribution is 2.23. The summed E-state index contributed by atoms with van der Waals surface area (Å²) in [6.07, 6.45) is 4.59. The van der Waals surface area contributed by atoms with E-state index in [9.17, 15) is 0 Å². The largest absolute Gasteiger partial charge is 0.353 e. The van der Waals surface area contributed by atoms with Crippen LogP contribution in [0.1, 0.15) is 13.3 Å². The highest BCUT2D eigenvalue weighted by molar-refractivity contribution is 5.86. The zero-order valence-corrected chi connectivity index (χ0v) is 12.7. The van der Waals surface area contributed by atoms with Crippen LogP contribution in [0.2, 0.25) is 0 Å². The fourth-order valence-corrected chi connectivity index (χ4v) is 3.07. The minimum Gasteiger partial charge on any atom is -0.353 e. The van der Waals surface area contributed by atoms with E-state index in [1.165, 1.54) is 0 Å². The topological polar surface area (TPSA) is 76.1 Å². The van der Waals surface area contributed by atoms with Gasteiger partial charge < -0.3 is 10.6 Å². The zero-order chi connectivity index (χ0) is 14.8. The van der Waals surface area contributed by atoms with E-state index in [1.54, 1.807) is 11.0 Å². The molecule has 0 saturated carbocycles. The average molecular weight is 289 g/mol. The quantitative estimate of drug-likeness (QED) is 0.868. The number of rotatable bonds is 4. The van der Waals surface area contributed by atoms with Gasteiger partial charge in [-0.1, -0.05) is 6.92 Å². The van der Waals surface area contributed by atoms with Crippen molar-refractivity contribution in [2.45, 2.75) is 19.4 Å². The summed E-state index contributed by atoms with van der Waals surface area (Å²) in [4.78, 5) is 13.6. The lowest BCUT2D eigenvalue weighted by Gasteiger charge is -2.39. The Kier molecular flexibility index (Phi) is 4.03. The van der Waals surface area contributed by atoms with Crippen LogP contribution in [-0.4, -0.2) is 63.4 Å². The molecule has 2 aromatic heterocycles. The van der Waals surface area contributed by atoms with Gasteiger partial charge in [-0.25, -0.2) is 9.97 Å². The first kappa shape index (κ1) is 14.2. The van der Waals surface area contributed by atoms with Crippen LogP contribution < -0.4 is 10.6 Å². The summed E-state index contributed by atoms with van der Waals surface area (Å²) < 4.78 is 1.79. The van der Waals surface area contributed by atoms with Crippen LogP contribution in [-0.2, 0) is 7.05 Å². The summed E-state index contributed by atoms with van der Waals surface area (Å²) in [5, 5.41) is 5.31. The average Bonchev–Trinajstić information content (AvgIpc) is 2.91. The maximum Gasteiger partial charge on any atom is 0.163 e. The second-order valence-electron chi connectivity index (χ2n) is 5.52. The molecule has 2 N–H and O–H groups in total. The van der Waals surface area contributed by atoms with Crippen molar-refractivity contribution in [1.29, 1.82) is 0 Å². The van der Waals surface area contributed by atoms with Crippen molar-refractivity contribution in [3.8, 4) is 0 Å². The Balaban J connectivity index is 1.77. The van der Waals surface area contributed by atoms with Crippen molar-refractivity contribution in [2.24, 2.45) is 12.8 Å². The van der Waals surface area contributed by atoms with Gasteiger partial charge in [-0.05, 0) is 6.42 Å². The fraction of sp³-hybridized carbons (Fsp3) is 0.643. The van der Waals surface area contributed by atoms with Crippen molar-refractivity contribution in [3.63, 3.8) is 0 Å². The monoisotopic (exact) mass is 289 g/mol. The molecule has 1 aliphatic rings. The predicted molar refractivity (Wildman–Crippen MR) is 83.2 cm³/mol. The molecule has 1 saturated heterocycles. The fourth-order valence-electron chi connectivity index (χ4n) is 3.07. The van der Waals surface area contributed by atoms with E-state index in [1.807, 2.05) is 13.2 Å². The molecule has 21 heavy (non-hydrogen) atoms. The van der Waals surface area contributed by atoms with E-state index in [2.05, 4.69) is 31.8 Å². The van der Waals surface area contributed by atoms with Gasteiger partial charge in [0.1, 0.15) is 12.1 Å². The van der Waals surface area contributed by atoms with E-state index in [4.69, 9.17) is 5.73 Å². The second kappa shape index (κ2) is 5.95. The van der Waals surface area contributed by atoms with Gasteiger partial charge in [-0.2, -0.15) is 5.10 Å². The number of anilines is 1. The van der Waals surface area contributed by atoms with Gasteiger partial charge in [0.15, 0.2) is 5.65 Å². The highest BCUT2D eigenvalue weighted by atomic mass is 15.3. The first-order valence-electron chi connectivity index (χ1n) is 7.56. The minimum absolute atomic E-state index is 0.496. The molecule has 3 heterocycles. The molecule has 1 fully saturated rings. The van der Waals surface area contributed by atoms with Gasteiger partial charge in [0, 0.05) is 45.8 Å². The lowest BCUT2D eigenvalue weighted by atomic mass is 10.1. The summed E-state index contributed by atoms with van der Waals surface area (Å²) in [6, 6.07) is 0.496. The lowest BCUT2D eigenvalue weighted by molar-refractivity contribution is 0.184. The smallest absolute Gasteiger partial charge is 0.163 e. The molecule has 0 spiro atoms. The number of piperazine rings is 1. The molecule has 1 aliphatic heterocycles.